The second-order valence-electron chi connectivity index (χ2n) is 9.66. The molecule has 4 saturated carbocycles. The van der Waals surface area contributed by atoms with E-state index in [0.29, 0.717) is 10.8 Å². The van der Waals surface area contributed by atoms with E-state index in [1.54, 1.807) is 12.1 Å². The maximum atomic E-state index is 13.5. The summed E-state index contributed by atoms with van der Waals surface area (Å²) in [6.45, 7) is 2.07. The van der Waals surface area contributed by atoms with Crippen LogP contribution < -0.4 is 5.32 Å². The Balaban J connectivity index is 1.29. The van der Waals surface area contributed by atoms with E-state index >= 15 is 0 Å². The van der Waals surface area contributed by atoms with Gasteiger partial charge < -0.3 is 5.32 Å². The van der Waals surface area contributed by atoms with Gasteiger partial charge >= 0.3 is 0 Å². The number of benzene rings is 2. The van der Waals surface area contributed by atoms with Crippen molar-refractivity contribution in [3.63, 3.8) is 0 Å². The molecule has 0 saturated heterocycles. The van der Waals surface area contributed by atoms with E-state index in [1.807, 2.05) is 0 Å². The molecule has 2 heteroatoms. The molecule has 142 valence electrons. The van der Waals surface area contributed by atoms with Crippen molar-refractivity contribution in [3.8, 4) is 0 Å². The highest BCUT2D eigenvalue weighted by Gasteiger charge is 2.57. The molecule has 4 fully saturated rings. The van der Waals surface area contributed by atoms with Gasteiger partial charge in [-0.3, -0.25) is 0 Å². The van der Waals surface area contributed by atoms with Crippen molar-refractivity contribution < 1.29 is 4.39 Å². The maximum absolute atomic E-state index is 13.5. The first-order valence-corrected chi connectivity index (χ1v) is 10.7. The normalized spacial score (nSPS) is 34.1. The lowest BCUT2D eigenvalue weighted by molar-refractivity contribution is -0.0758. The van der Waals surface area contributed by atoms with Crippen LogP contribution in [-0.2, 0) is 12.0 Å². The Labute approximate surface area is 162 Å². The number of hydrogen-bond donors (Lipinski definition) is 1. The molecule has 2 unspecified atom stereocenters. The summed E-state index contributed by atoms with van der Waals surface area (Å²) < 4.78 is 13.5. The number of hydrogen-bond acceptors (Lipinski definition) is 1. The predicted molar refractivity (Wildman–Crippen MR) is 108 cm³/mol. The monoisotopic (exact) mass is 363 g/mol. The minimum absolute atomic E-state index is 0.108. The lowest BCUT2D eigenvalue weighted by Crippen LogP contribution is -2.54. The van der Waals surface area contributed by atoms with Crippen LogP contribution in [0.3, 0.4) is 0 Å². The van der Waals surface area contributed by atoms with Gasteiger partial charge in [0.2, 0.25) is 0 Å². The second-order valence-corrected chi connectivity index (χ2v) is 9.66. The average molecular weight is 364 g/mol. The molecule has 1 N–H and O–H groups in total. The Kier molecular flexibility index (Phi) is 4.35. The Hall–Kier alpha value is -1.67. The molecule has 4 aliphatic carbocycles. The van der Waals surface area contributed by atoms with Crippen LogP contribution in [-0.4, -0.2) is 6.54 Å². The minimum atomic E-state index is -0.108. The van der Waals surface area contributed by atoms with Gasteiger partial charge in [0.1, 0.15) is 5.82 Å². The zero-order chi connectivity index (χ0) is 18.3. The van der Waals surface area contributed by atoms with E-state index in [0.717, 1.165) is 24.9 Å². The lowest BCUT2D eigenvalue weighted by Gasteiger charge is -2.63. The maximum Gasteiger partial charge on any atom is 0.123 e. The van der Waals surface area contributed by atoms with E-state index in [-0.39, 0.29) is 5.82 Å². The summed E-state index contributed by atoms with van der Waals surface area (Å²) in [6, 6.07) is 18.2. The van der Waals surface area contributed by atoms with Gasteiger partial charge in [-0.05, 0) is 97.4 Å². The number of nitrogens with one attached hydrogen (secondary N) is 1. The van der Waals surface area contributed by atoms with Gasteiger partial charge in [0.25, 0.3) is 0 Å². The first-order chi connectivity index (χ1) is 13.1. The lowest BCUT2D eigenvalue weighted by atomic mass is 9.42. The van der Waals surface area contributed by atoms with Gasteiger partial charge in [-0.15, -0.1) is 0 Å². The minimum Gasteiger partial charge on any atom is -0.313 e. The van der Waals surface area contributed by atoms with Crippen LogP contribution in [0.2, 0.25) is 0 Å². The third-order valence-corrected chi connectivity index (χ3v) is 7.64. The average Bonchev–Trinajstić information content (AvgIpc) is 2.65. The first-order valence-electron chi connectivity index (χ1n) is 10.7. The van der Waals surface area contributed by atoms with Gasteiger partial charge in [-0.2, -0.15) is 0 Å². The van der Waals surface area contributed by atoms with Crippen LogP contribution in [0.15, 0.2) is 54.6 Å². The van der Waals surface area contributed by atoms with E-state index in [1.165, 1.54) is 56.1 Å². The van der Waals surface area contributed by atoms with Crippen LogP contribution in [0.1, 0.15) is 56.1 Å². The fourth-order valence-corrected chi connectivity index (χ4v) is 7.07. The van der Waals surface area contributed by atoms with Gasteiger partial charge in [-0.1, -0.05) is 42.5 Å². The van der Waals surface area contributed by atoms with Crippen LogP contribution >= 0.6 is 0 Å². The first kappa shape index (κ1) is 17.4. The smallest absolute Gasteiger partial charge is 0.123 e. The molecule has 6 rings (SSSR count). The number of halogens is 1. The topological polar surface area (TPSA) is 12.0 Å². The zero-order valence-corrected chi connectivity index (χ0v) is 16.1. The zero-order valence-electron chi connectivity index (χ0n) is 16.1. The summed E-state index contributed by atoms with van der Waals surface area (Å²) in [5.74, 6) is 1.65. The molecule has 0 amide bonds. The van der Waals surface area contributed by atoms with Crippen molar-refractivity contribution >= 4 is 0 Å². The Morgan fingerprint density at radius 1 is 0.889 bits per heavy atom. The van der Waals surface area contributed by atoms with Gasteiger partial charge in [0, 0.05) is 6.54 Å². The molecule has 2 aromatic carbocycles. The Morgan fingerprint density at radius 2 is 1.59 bits per heavy atom. The largest absolute Gasteiger partial charge is 0.313 e. The summed E-state index contributed by atoms with van der Waals surface area (Å²) in [5, 5.41) is 3.69. The van der Waals surface area contributed by atoms with Crippen molar-refractivity contribution in [1.82, 2.24) is 5.32 Å². The standard InChI is InChI=1S/C25H30FN/c26-23-8-6-22(7-9-23)25-15-20-12-21(16-25)14-24(13-20,18-25)10-11-27-17-19-4-2-1-3-5-19/h1-9,20-21,27H,10-18H2. The van der Waals surface area contributed by atoms with Crippen molar-refractivity contribution in [2.75, 3.05) is 6.54 Å². The van der Waals surface area contributed by atoms with Crippen molar-refractivity contribution in [1.29, 1.82) is 0 Å². The van der Waals surface area contributed by atoms with Crippen molar-refractivity contribution in [3.05, 3.63) is 71.5 Å². The van der Waals surface area contributed by atoms with Crippen molar-refractivity contribution in [2.24, 2.45) is 17.3 Å². The Morgan fingerprint density at radius 3 is 2.30 bits per heavy atom. The second kappa shape index (κ2) is 6.74. The van der Waals surface area contributed by atoms with Crippen LogP contribution in [0.5, 0.6) is 0 Å². The third kappa shape index (κ3) is 3.33. The molecule has 0 aromatic heterocycles. The Bertz CT molecular complexity index is 768. The van der Waals surface area contributed by atoms with Gasteiger partial charge in [-0.25, -0.2) is 4.39 Å². The highest BCUT2D eigenvalue weighted by molar-refractivity contribution is 5.30. The SMILES string of the molecule is Fc1ccc(C23CC4CC(CC(CCNCc5ccccc5)(C4)C2)C3)cc1. The van der Waals surface area contributed by atoms with E-state index in [4.69, 9.17) is 0 Å². The van der Waals surface area contributed by atoms with Crippen molar-refractivity contribution in [2.45, 2.75) is 56.9 Å². The molecule has 4 bridgehead atoms. The van der Waals surface area contributed by atoms with E-state index in [2.05, 4.69) is 47.8 Å². The summed E-state index contributed by atoms with van der Waals surface area (Å²) >= 11 is 0. The molecule has 27 heavy (non-hydrogen) atoms. The fourth-order valence-electron chi connectivity index (χ4n) is 7.07. The van der Waals surface area contributed by atoms with E-state index in [9.17, 15) is 4.39 Å². The molecule has 4 aliphatic rings. The highest BCUT2D eigenvalue weighted by Crippen LogP contribution is 2.66. The summed E-state index contributed by atoms with van der Waals surface area (Å²) in [5.41, 5.74) is 3.59. The molecule has 0 spiro atoms. The molecule has 0 heterocycles. The highest BCUT2D eigenvalue weighted by atomic mass is 19.1. The number of rotatable bonds is 6. The molecule has 2 atom stereocenters. The molecule has 0 aliphatic heterocycles. The molecule has 2 aromatic rings. The van der Waals surface area contributed by atoms with Crippen LogP contribution in [0.25, 0.3) is 0 Å². The van der Waals surface area contributed by atoms with Gasteiger partial charge in [0.15, 0.2) is 0 Å². The van der Waals surface area contributed by atoms with Crippen LogP contribution in [0.4, 0.5) is 4.39 Å². The van der Waals surface area contributed by atoms with E-state index < -0.39 is 0 Å². The molecule has 1 nitrogen and oxygen atoms in total. The van der Waals surface area contributed by atoms with Crippen LogP contribution in [0, 0.1) is 23.1 Å². The summed E-state index contributed by atoms with van der Waals surface area (Å²) in [6.07, 6.45) is 9.52. The molecular weight excluding hydrogens is 333 g/mol. The quantitative estimate of drug-likeness (QED) is 0.635. The molecule has 0 radical (unpaired) electrons. The van der Waals surface area contributed by atoms with Gasteiger partial charge in [0.05, 0.1) is 0 Å². The summed E-state index contributed by atoms with van der Waals surface area (Å²) in [7, 11) is 0. The molecular formula is C25H30FN. The summed E-state index contributed by atoms with van der Waals surface area (Å²) in [4.78, 5) is 0. The third-order valence-electron chi connectivity index (χ3n) is 7.64. The predicted octanol–water partition coefficient (Wildman–Crippen LogP) is 5.84. The fraction of sp³-hybridized carbons (Fsp3) is 0.520.